The van der Waals surface area contributed by atoms with Crippen molar-refractivity contribution in [1.29, 1.82) is 0 Å². The molecule has 0 saturated heterocycles. The first-order valence-corrected chi connectivity index (χ1v) is 12.5. The van der Waals surface area contributed by atoms with Crippen LogP contribution in [-0.2, 0) is 22.7 Å². The Bertz CT molecular complexity index is 1500. The molecule has 8 N–H and O–H groups in total. The van der Waals surface area contributed by atoms with Gasteiger partial charge in [0.2, 0.25) is 0 Å². The fraction of sp³-hybridized carbons (Fsp3) is 0.172. The molecule has 2 heterocycles. The first-order chi connectivity index (χ1) is 19.2. The van der Waals surface area contributed by atoms with E-state index in [1.807, 2.05) is 61.7 Å². The summed E-state index contributed by atoms with van der Waals surface area (Å²) in [5.74, 6) is -2.39. The van der Waals surface area contributed by atoms with Crippen LogP contribution in [0.15, 0.2) is 73.0 Å². The minimum Gasteiger partial charge on any atom is -0.481 e. The number of aromatic nitrogens is 2. The number of carbonyl (C=O) groups excluding carboxylic acids is 1. The number of anilines is 1. The van der Waals surface area contributed by atoms with Gasteiger partial charge >= 0.3 is 11.9 Å². The van der Waals surface area contributed by atoms with E-state index in [9.17, 15) is 19.5 Å². The molecule has 1 aliphatic heterocycles. The van der Waals surface area contributed by atoms with Crippen LogP contribution in [0.25, 0.3) is 17.0 Å². The van der Waals surface area contributed by atoms with Crippen LogP contribution in [0.4, 0.5) is 5.69 Å². The molecule has 0 bridgehead atoms. The summed E-state index contributed by atoms with van der Waals surface area (Å²) in [5, 5.41) is 27.1. The predicted octanol–water partition coefficient (Wildman–Crippen LogP) is 3.13. The van der Waals surface area contributed by atoms with Gasteiger partial charge in [0.25, 0.3) is 5.91 Å². The van der Waals surface area contributed by atoms with E-state index in [-0.39, 0.29) is 19.0 Å². The van der Waals surface area contributed by atoms with Gasteiger partial charge in [0.05, 0.1) is 30.1 Å². The molecule has 2 aromatic carbocycles. The summed E-state index contributed by atoms with van der Waals surface area (Å²) in [4.78, 5) is 43.5. The largest absolute Gasteiger partial charge is 0.481 e. The van der Waals surface area contributed by atoms with E-state index in [1.165, 1.54) is 12.1 Å². The Kier molecular flexibility index (Phi) is 8.77. The summed E-state index contributed by atoms with van der Waals surface area (Å²) < 4.78 is 0. The Labute approximate surface area is 230 Å². The molecule has 1 atom stereocenters. The van der Waals surface area contributed by atoms with Crippen LogP contribution in [-0.4, -0.2) is 44.1 Å². The number of nitrogens with two attached hydrogens (primary N) is 1. The monoisotopic (exact) mass is 542 g/mol. The SMILES string of the molecule is Cc1ccc(-c2nc(CNC(=O)c3ccc(N[C@@H](CC(=O)O)C(=O)O)c(CN)c3)[nH]c2C2=CC=CC=CN2)cc1. The number of carboxylic acids is 2. The molecule has 3 aromatic rings. The average molecular weight is 543 g/mol. The molecular formula is C29H30N6O5. The number of imidazole rings is 1. The van der Waals surface area contributed by atoms with Gasteiger partial charge in [-0.05, 0) is 42.8 Å². The van der Waals surface area contributed by atoms with Gasteiger partial charge < -0.3 is 36.9 Å². The van der Waals surface area contributed by atoms with Crippen molar-refractivity contribution >= 4 is 29.2 Å². The van der Waals surface area contributed by atoms with Crippen molar-refractivity contribution in [3.05, 3.63) is 101 Å². The number of allylic oxidation sites excluding steroid dienone is 4. The van der Waals surface area contributed by atoms with E-state index in [1.54, 1.807) is 6.07 Å². The minimum atomic E-state index is -1.35. The second-order valence-corrected chi connectivity index (χ2v) is 9.13. The summed E-state index contributed by atoms with van der Waals surface area (Å²) in [5.41, 5.74) is 11.4. The standard InChI is InChI=1S/C29H30N6O5/c1-17-6-8-18(9-7-17)26-27(22-5-3-2-4-12-31-22)35-24(34-26)16-32-28(38)19-10-11-21(20(13-19)15-30)33-23(29(39)40)14-25(36)37/h2-13,23,31,33H,14-16,30H2,1H3,(H,32,38)(H,34,35)(H,36,37)(H,39,40)/t23-/m0/s1. The van der Waals surface area contributed by atoms with Crippen molar-refractivity contribution in [2.24, 2.45) is 5.73 Å². The number of aryl methyl sites for hydroxylation is 1. The van der Waals surface area contributed by atoms with Gasteiger partial charge in [-0.3, -0.25) is 9.59 Å². The molecule has 0 unspecified atom stereocenters. The molecule has 206 valence electrons. The quantitative estimate of drug-likeness (QED) is 0.191. The van der Waals surface area contributed by atoms with E-state index in [4.69, 9.17) is 15.8 Å². The molecule has 1 amide bonds. The maximum atomic E-state index is 13.0. The molecule has 1 aromatic heterocycles. The average Bonchev–Trinajstić information content (AvgIpc) is 3.17. The van der Waals surface area contributed by atoms with E-state index in [0.717, 1.165) is 28.2 Å². The molecule has 1 aliphatic rings. The highest BCUT2D eigenvalue weighted by molar-refractivity contribution is 5.95. The van der Waals surface area contributed by atoms with Crippen LogP contribution in [0.2, 0.25) is 0 Å². The molecule has 40 heavy (non-hydrogen) atoms. The van der Waals surface area contributed by atoms with Crippen LogP contribution in [0.3, 0.4) is 0 Å². The van der Waals surface area contributed by atoms with Crippen molar-refractivity contribution in [2.75, 3.05) is 5.32 Å². The van der Waals surface area contributed by atoms with Gasteiger partial charge in [0, 0.05) is 29.6 Å². The third kappa shape index (κ3) is 6.83. The van der Waals surface area contributed by atoms with E-state index >= 15 is 0 Å². The number of rotatable bonds is 11. The fourth-order valence-electron chi connectivity index (χ4n) is 4.11. The topological polar surface area (TPSA) is 182 Å². The van der Waals surface area contributed by atoms with Gasteiger partial charge in [-0.1, -0.05) is 42.0 Å². The van der Waals surface area contributed by atoms with Crippen LogP contribution < -0.4 is 21.7 Å². The highest BCUT2D eigenvalue weighted by Crippen LogP contribution is 2.27. The summed E-state index contributed by atoms with van der Waals surface area (Å²) in [6.07, 6.45) is 8.86. The van der Waals surface area contributed by atoms with Gasteiger partial charge in [-0.15, -0.1) is 0 Å². The van der Waals surface area contributed by atoms with E-state index in [0.29, 0.717) is 22.6 Å². The molecule has 0 spiro atoms. The maximum Gasteiger partial charge on any atom is 0.326 e. The lowest BCUT2D eigenvalue weighted by Crippen LogP contribution is -2.32. The van der Waals surface area contributed by atoms with Crippen molar-refractivity contribution in [1.82, 2.24) is 20.6 Å². The Morgan fingerprint density at radius 3 is 2.52 bits per heavy atom. The van der Waals surface area contributed by atoms with E-state index < -0.39 is 24.4 Å². The Hall–Kier alpha value is -5.16. The molecule has 0 fully saturated rings. The lowest BCUT2D eigenvalue weighted by Gasteiger charge is -2.17. The minimum absolute atomic E-state index is 0.00925. The van der Waals surface area contributed by atoms with Crippen LogP contribution >= 0.6 is 0 Å². The number of amides is 1. The molecular weight excluding hydrogens is 512 g/mol. The number of carbonyl (C=O) groups is 3. The van der Waals surface area contributed by atoms with Crippen molar-refractivity contribution < 1.29 is 24.6 Å². The zero-order chi connectivity index (χ0) is 28.6. The second kappa shape index (κ2) is 12.6. The van der Waals surface area contributed by atoms with Gasteiger partial charge in [-0.25, -0.2) is 9.78 Å². The number of carboxylic acid groups (broad SMARTS) is 2. The van der Waals surface area contributed by atoms with Gasteiger partial charge in [0.15, 0.2) is 0 Å². The highest BCUT2D eigenvalue weighted by atomic mass is 16.4. The van der Waals surface area contributed by atoms with Crippen molar-refractivity contribution in [2.45, 2.75) is 32.5 Å². The first-order valence-electron chi connectivity index (χ1n) is 12.5. The molecule has 0 aliphatic carbocycles. The summed E-state index contributed by atoms with van der Waals surface area (Å²) >= 11 is 0. The third-order valence-electron chi connectivity index (χ3n) is 6.18. The van der Waals surface area contributed by atoms with Gasteiger partial charge in [-0.2, -0.15) is 0 Å². The molecule has 11 nitrogen and oxygen atoms in total. The lowest BCUT2D eigenvalue weighted by atomic mass is 10.1. The number of benzene rings is 2. The fourth-order valence-corrected chi connectivity index (χ4v) is 4.11. The van der Waals surface area contributed by atoms with Crippen molar-refractivity contribution in [3.63, 3.8) is 0 Å². The Morgan fingerprint density at radius 2 is 1.82 bits per heavy atom. The molecule has 0 saturated carbocycles. The number of hydrogen-bond acceptors (Lipinski definition) is 7. The maximum absolute atomic E-state index is 13.0. The number of nitrogens with one attached hydrogen (secondary N) is 4. The number of hydrogen-bond donors (Lipinski definition) is 7. The Balaban J connectivity index is 1.53. The predicted molar refractivity (Wildman–Crippen MR) is 151 cm³/mol. The molecule has 4 rings (SSSR count). The summed E-state index contributed by atoms with van der Waals surface area (Å²) in [6, 6.07) is 11.2. The number of H-pyrrole nitrogens is 1. The Morgan fingerprint density at radius 1 is 1.05 bits per heavy atom. The normalized spacial score (nSPS) is 13.1. The summed E-state index contributed by atoms with van der Waals surface area (Å²) in [6.45, 7) is 2.14. The smallest absolute Gasteiger partial charge is 0.326 e. The zero-order valence-electron chi connectivity index (χ0n) is 21.8. The van der Waals surface area contributed by atoms with Crippen LogP contribution in [0.5, 0.6) is 0 Å². The van der Waals surface area contributed by atoms with Crippen LogP contribution in [0.1, 0.15) is 39.4 Å². The first kappa shape index (κ1) is 27.9. The second-order valence-electron chi connectivity index (χ2n) is 9.13. The van der Waals surface area contributed by atoms with Gasteiger partial charge in [0.1, 0.15) is 11.9 Å². The van der Waals surface area contributed by atoms with E-state index in [2.05, 4.69) is 20.9 Å². The summed E-state index contributed by atoms with van der Waals surface area (Å²) in [7, 11) is 0. The molecule has 11 heteroatoms. The highest BCUT2D eigenvalue weighted by Gasteiger charge is 2.22. The number of aliphatic carboxylic acids is 2. The zero-order valence-corrected chi connectivity index (χ0v) is 21.8. The lowest BCUT2D eigenvalue weighted by molar-refractivity contribution is -0.144. The molecule has 0 radical (unpaired) electrons. The number of nitrogens with zero attached hydrogens (tertiary/aromatic N) is 1. The van der Waals surface area contributed by atoms with Crippen LogP contribution in [0, 0.1) is 6.92 Å². The number of aromatic amines is 1. The third-order valence-corrected chi connectivity index (χ3v) is 6.18. The van der Waals surface area contributed by atoms with Crippen molar-refractivity contribution in [3.8, 4) is 11.3 Å².